The first-order chi connectivity index (χ1) is 16.6. The first-order valence-corrected chi connectivity index (χ1v) is 12.5. The number of hydrogen-bond donors (Lipinski definition) is 2. The Balaban J connectivity index is 1.35. The van der Waals surface area contributed by atoms with E-state index >= 15 is 0 Å². The highest BCUT2D eigenvalue weighted by molar-refractivity contribution is 5.64. The summed E-state index contributed by atoms with van der Waals surface area (Å²) in [6.45, 7) is 7.95. The van der Waals surface area contributed by atoms with E-state index < -0.39 is 0 Å². The number of hydrogen-bond acceptors (Lipinski definition) is 7. The predicted octanol–water partition coefficient (Wildman–Crippen LogP) is 5.21. The van der Waals surface area contributed by atoms with Gasteiger partial charge in [-0.2, -0.15) is 4.98 Å². The van der Waals surface area contributed by atoms with Crippen molar-refractivity contribution in [2.24, 2.45) is 0 Å². The van der Waals surface area contributed by atoms with Crippen LogP contribution in [0.25, 0.3) is 0 Å². The maximum atomic E-state index is 5.80. The van der Waals surface area contributed by atoms with Crippen LogP contribution in [0.3, 0.4) is 0 Å². The van der Waals surface area contributed by atoms with E-state index in [9.17, 15) is 0 Å². The van der Waals surface area contributed by atoms with Gasteiger partial charge in [0.2, 0.25) is 5.95 Å². The molecule has 7 heteroatoms. The SMILES string of the molecule is CC1=C(C)N(c2ccc(Nc3nc4c(c(NCC5CCCO5)n3)CN(C)CC4)cc2)C=CCC1. The largest absolute Gasteiger partial charge is 0.376 e. The van der Waals surface area contributed by atoms with Gasteiger partial charge in [0.15, 0.2) is 0 Å². The van der Waals surface area contributed by atoms with Gasteiger partial charge in [-0.1, -0.05) is 11.6 Å². The fourth-order valence-electron chi connectivity index (χ4n) is 4.86. The van der Waals surface area contributed by atoms with Crippen LogP contribution < -0.4 is 15.5 Å². The van der Waals surface area contributed by atoms with E-state index in [0.717, 1.165) is 81.2 Å². The van der Waals surface area contributed by atoms with Crippen molar-refractivity contribution in [1.29, 1.82) is 0 Å². The number of rotatable bonds is 6. The quantitative estimate of drug-likeness (QED) is 0.614. The molecule has 1 saturated heterocycles. The Morgan fingerprint density at radius 1 is 1.12 bits per heavy atom. The van der Waals surface area contributed by atoms with Crippen LogP contribution in [0, 0.1) is 0 Å². The zero-order valence-electron chi connectivity index (χ0n) is 20.6. The Hall–Kier alpha value is -2.90. The van der Waals surface area contributed by atoms with Crippen LogP contribution in [0.1, 0.15) is 50.8 Å². The molecule has 3 aliphatic heterocycles. The molecule has 0 aliphatic carbocycles. The Morgan fingerprint density at radius 2 is 1.97 bits per heavy atom. The number of benzene rings is 1. The van der Waals surface area contributed by atoms with Crippen LogP contribution in [0.2, 0.25) is 0 Å². The smallest absolute Gasteiger partial charge is 0.229 e. The molecule has 0 bridgehead atoms. The van der Waals surface area contributed by atoms with E-state index in [2.05, 4.69) is 77.9 Å². The molecule has 1 aromatic carbocycles. The molecule has 7 nitrogen and oxygen atoms in total. The normalized spacial score (nSPS) is 20.9. The van der Waals surface area contributed by atoms with Crippen LogP contribution in [-0.4, -0.2) is 47.7 Å². The van der Waals surface area contributed by atoms with Gasteiger partial charge in [-0.15, -0.1) is 0 Å². The third-order valence-corrected chi connectivity index (χ3v) is 7.09. The van der Waals surface area contributed by atoms with Crippen molar-refractivity contribution in [3.63, 3.8) is 0 Å². The fraction of sp³-hybridized carbons (Fsp3) is 0.481. The summed E-state index contributed by atoms with van der Waals surface area (Å²) in [5.41, 5.74) is 7.22. The van der Waals surface area contributed by atoms with Gasteiger partial charge in [-0.25, -0.2) is 4.98 Å². The Kier molecular flexibility index (Phi) is 6.83. The van der Waals surface area contributed by atoms with E-state index in [4.69, 9.17) is 14.7 Å². The number of ether oxygens (including phenoxy) is 1. The van der Waals surface area contributed by atoms with Gasteiger partial charge in [-0.05, 0) is 70.8 Å². The minimum atomic E-state index is 0.269. The maximum Gasteiger partial charge on any atom is 0.229 e. The predicted molar refractivity (Wildman–Crippen MR) is 138 cm³/mol. The van der Waals surface area contributed by atoms with Gasteiger partial charge in [0.1, 0.15) is 5.82 Å². The van der Waals surface area contributed by atoms with Crippen molar-refractivity contribution in [1.82, 2.24) is 14.9 Å². The highest BCUT2D eigenvalue weighted by Gasteiger charge is 2.22. The molecule has 1 unspecified atom stereocenters. The zero-order valence-corrected chi connectivity index (χ0v) is 20.6. The molecule has 2 N–H and O–H groups in total. The first-order valence-electron chi connectivity index (χ1n) is 12.5. The van der Waals surface area contributed by atoms with Gasteiger partial charge < -0.3 is 25.2 Å². The molecular formula is C27H36N6O. The summed E-state index contributed by atoms with van der Waals surface area (Å²) in [6.07, 6.45) is 10.1. The average molecular weight is 461 g/mol. The highest BCUT2D eigenvalue weighted by atomic mass is 16.5. The molecule has 34 heavy (non-hydrogen) atoms. The van der Waals surface area contributed by atoms with Crippen molar-refractivity contribution in [3.8, 4) is 0 Å². The molecule has 2 aromatic rings. The fourth-order valence-corrected chi connectivity index (χ4v) is 4.86. The number of nitrogens with one attached hydrogen (secondary N) is 2. The summed E-state index contributed by atoms with van der Waals surface area (Å²) in [5, 5.41) is 7.01. The zero-order chi connectivity index (χ0) is 23.5. The molecule has 0 spiro atoms. The van der Waals surface area contributed by atoms with Crippen LogP contribution in [0.5, 0.6) is 0 Å². The summed E-state index contributed by atoms with van der Waals surface area (Å²) in [5.74, 6) is 1.57. The molecule has 0 radical (unpaired) electrons. The lowest BCUT2D eigenvalue weighted by Crippen LogP contribution is -2.30. The Morgan fingerprint density at radius 3 is 2.76 bits per heavy atom. The minimum Gasteiger partial charge on any atom is -0.376 e. The average Bonchev–Trinajstić information content (AvgIpc) is 3.31. The molecule has 1 aromatic heterocycles. The number of allylic oxidation sites excluding steroid dienone is 3. The molecule has 180 valence electrons. The van der Waals surface area contributed by atoms with Crippen LogP contribution in [0.15, 0.2) is 47.8 Å². The van der Waals surface area contributed by atoms with E-state index in [1.54, 1.807) is 0 Å². The molecule has 3 aliphatic rings. The van der Waals surface area contributed by atoms with Crippen molar-refractivity contribution in [2.75, 3.05) is 42.3 Å². The molecule has 4 heterocycles. The van der Waals surface area contributed by atoms with Crippen LogP contribution in [0.4, 0.5) is 23.1 Å². The molecular weight excluding hydrogens is 424 g/mol. The molecule has 1 fully saturated rings. The second kappa shape index (κ2) is 10.2. The van der Waals surface area contributed by atoms with Crippen molar-refractivity contribution < 1.29 is 4.74 Å². The number of likely N-dealkylation sites (N-methyl/N-ethyl adjacent to an activating group) is 1. The summed E-state index contributed by atoms with van der Waals surface area (Å²) < 4.78 is 5.80. The van der Waals surface area contributed by atoms with Crippen LogP contribution >= 0.6 is 0 Å². The third kappa shape index (κ3) is 5.10. The third-order valence-electron chi connectivity index (χ3n) is 7.09. The topological polar surface area (TPSA) is 65.5 Å². The molecule has 1 atom stereocenters. The summed E-state index contributed by atoms with van der Waals surface area (Å²) in [6, 6.07) is 8.51. The number of aromatic nitrogens is 2. The van der Waals surface area contributed by atoms with Crippen LogP contribution in [-0.2, 0) is 17.7 Å². The van der Waals surface area contributed by atoms with Crippen molar-refractivity contribution in [3.05, 3.63) is 59.1 Å². The maximum absolute atomic E-state index is 5.80. The summed E-state index contributed by atoms with van der Waals surface area (Å²) in [4.78, 5) is 14.4. The van der Waals surface area contributed by atoms with Gasteiger partial charge in [0.25, 0.3) is 0 Å². The van der Waals surface area contributed by atoms with Gasteiger partial charge in [0, 0.05) is 61.5 Å². The lowest BCUT2D eigenvalue weighted by molar-refractivity contribution is 0.120. The van der Waals surface area contributed by atoms with Gasteiger partial charge >= 0.3 is 0 Å². The van der Waals surface area contributed by atoms with Crippen molar-refractivity contribution >= 4 is 23.1 Å². The van der Waals surface area contributed by atoms with Gasteiger partial charge in [0.05, 0.1) is 11.8 Å². The standard InChI is InChI=1S/C27H36N6O/c1-19-7-4-5-14-33(20(19)2)22-11-9-21(10-12-22)29-27-30-25-13-15-32(3)18-24(25)26(31-27)28-17-23-8-6-16-34-23/h5,9-12,14,23H,4,6-8,13,15-18H2,1-3H3,(H2,28,29,30,31). The first kappa shape index (κ1) is 22.9. The number of fused-ring (bicyclic) bond motifs is 1. The summed E-state index contributed by atoms with van der Waals surface area (Å²) in [7, 11) is 2.15. The lowest BCUT2D eigenvalue weighted by Gasteiger charge is -2.27. The highest BCUT2D eigenvalue weighted by Crippen LogP contribution is 2.29. The Bertz CT molecular complexity index is 1070. The number of nitrogens with zero attached hydrogens (tertiary/aromatic N) is 4. The van der Waals surface area contributed by atoms with Crippen molar-refractivity contribution in [2.45, 2.75) is 58.6 Å². The number of anilines is 4. The lowest BCUT2D eigenvalue weighted by atomic mass is 10.1. The molecule has 5 rings (SSSR count). The molecule has 0 saturated carbocycles. The van der Waals surface area contributed by atoms with E-state index in [1.165, 1.54) is 16.8 Å². The Labute approximate surface area is 202 Å². The minimum absolute atomic E-state index is 0.269. The van der Waals surface area contributed by atoms with Gasteiger partial charge in [-0.3, -0.25) is 0 Å². The van der Waals surface area contributed by atoms with E-state index in [1.807, 2.05) is 0 Å². The van der Waals surface area contributed by atoms with E-state index in [-0.39, 0.29) is 6.10 Å². The monoisotopic (exact) mass is 460 g/mol. The molecule has 0 amide bonds. The second-order valence-corrected chi connectivity index (χ2v) is 9.66. The van der Waals surface area contributed by atoms with E-state index in [0.29, 0.717) is 5.95 Å². The second-order valence-electron chi connectivity index (χ2n) is 9.66. The summed E-state index contributed by atoms with van der Waals surface area (Å²) >= 11 is 0.